The number of nitrogen functional groups attached to an aromatic ring is 1. The van der Waals surface area contributed by atoms with Gasteiger partial charge in [-0.05, 0) is 48.7 Å². The van der Waals surface area contributed by atoms with Gasteiger partial charge in [0.1, 0.15) is 5.75 Å². The molecule has 2 aromatic rings. The fourth-order valence-corrected chi connectivity index (χ4v) is 1.73. The highest BCUT2D eigenvalue weighted by molar-refractivity contribution is 5.69. The van der Waals surface area contributed by atoms with E-state index in [1.807, 2.05) is 37.3 Å². The lowest BCUT2D eigenvalue weighted by molar-refractivity contribution is 0.271. The molecule has 0 unspecified atom stereocenters. The third kappa shape index (κ3) is 3.88. The number of aryl methyl sites for hydroxylation is 1. The molecule has 0 spiro atoms. The zero-order valence-corrected chi connectivity index (χ0v) is 12.2. The molecule has 0 aliphatic heterocycles. The fraction of sp³-hybridized carbons (Fsp3) is 0.312. The van der Waals surface area contributed by atoms with E-state index in [2.05, 4.69) is 24.1 Å². The number of nitrogens with one attached hydrogen (secondary N) is 1. The minimum Gasteiger partial charge on any atom is -0.493 e. The van der Waals surface area contributed by atoms with Crippen LogP contribution >= 0.6 is 0 Å². The van der Waals surface area contributed by atoms with Crippen LogP contribution in [-0.2, 0) is 0 Å². The van der Waals surface area contributed by atoms with Crippen LogP contribution in [0.1, 0.15) is 19.4 Å². The first-order valence-electron chi connectivity index (χ1n) is 6.76. The Morgan fingerprint density at radius 1 is 1.25 bits per heavy atom. The molecule has 0 saturated carbocycles. The predicted molar refractivity (Wildman–Crippen MR) is 83.4 cm³/mol. The van der Waals surface area contributed by atoms with Crippen LogP contribution < -0.4 is 15.8 Å². The second-order valence-electron chi connectivity index (χ2n) is 5.30. The van der Waals surface area contributed by atoms with Crippen molar-refractivity contribution in [3.8, 4) is 5.75 Å². The van der Waals surface area contributed by atoms with Crippen LogP contribution in [0.15, 0.2) is 36.5 Å². The van der Waals surface area contributed by atoms with E-state index in [1.54, 1.807) is 6.20 Å². The Morgan fingerprint density at radius 2 is 1.95 bits per heavy atom. The van der Waals surface area contributed by atoms with Crippen molar-refractivity contribution < 1.29 is 4.74 Å². The second kappa shape index (κ2) is 6.28. The van der Waals surface area contributed by atoms with Gasteiger partial charge in [0.15, 0.2) is 5.82 Å². The summed E-state index contributed by atoms with van der Waals surface area (Å²) < 4.78 is 5.64. The maximum absolute atomic E-state index is 5.93. The molecule has 4 nitrogen and oxygen atoms in total. The lowest BCUT2D eigenvalue weighted by atomic mass is 10.2. The molecule has 0 bridgehead atoms. The number of benzene rings is 1. The van der Waals surface area contributed by atoms with E-state index in [4.69, 9.17) is 10.5 Å². The van der Waals surface area contributed by atoms with E-state index in [1.165, 1.54) is 0 Å². The number of anilines is 3. The molecule has 0 fully saturated rings. The zero-order chi connectivity index (χ0) is 14.5. The van der Waals surface area contributed by atoms with Gasteiger partial charge in [0.25, 0.3) is 0 Å². The van der Waals surface area contributed by atoms with Gasteiger partial charge in [-0.3, -0.25) is 0 Å². The quantitative estimate of drug-likeness (QED) is 0.869. The molecule has 0 aliphatic rings. The molecule has 0 amide bonds. The van der Waals surface area contributed by atoms with Crippen molar-refractivity contribution in [2.24, 2.45) is 5.92 Å². The topological polar surface area (TPSA) is 60.2 Å². The Bertz CT molecular complexity index is 564. The highest BCUT2D eigenvalue weighted by Crippen LogP contribution is 2.23. The van der Waals surface area contributed by atoms with Gasteiger partial charge in [0.2, 0.25) is 0 Å². The Hall–Kier alpha value is -2.23. The molecule has 0 atom stereocenters. The number of ether oxygens (including phenoxy) is 1. The molecular formula is C16H21N3O. The van der Waals surface area contributed by atoms with Gasteiger partial charge in [0.05, 0.1) is 12.3 Å². The Labute approximate surface area is 120 Å². The molecule has 4 heteroatoms. The van der Waals surface area contributed by atoms with Crippen molar-refractivity contribution >= 4 is 17.2 Å². The summed E-state index contributed by atoms with van der Waals surface area (Å²) in [6.07, 6.45) is 1.79. The van der Waals surface area contributed by atoms with E-state index in [0.29, 0.717) is 17.4 Å². The summed E-state index contributed by atoms with van der Waals surface area (Å²) in [4.78, 5) is 4.29. The first-order valence-corrected chi connectivity index (χ1v) is 6.76. The maximum atomic E-state index is 5.93. The van der Waals surface area contributed by atoms with Crippen LogP contribution in [0.3, 0.4) is 0 Å². The summed E-state index contributed by atoms with van der Waals surface area (Å²) in [5.41, 5.74) is 8.56. The summed E-state index contributed by atoms with van der Waals surface area (Å²) in [6.45, 7) is 6.94. The smallest absolute Gasteiger partial charge is 0.153 e. The highest BCUT2D eigenvalue weighted by Gasteiger charge is 2.02. The Balaban J connectivity index is 2.03. The SMILES string of the molecule is Cc1cnc(Nc2ccc(OCC(C)C)cc2)c(N)c1. The normalized spacial score (nSPS) is 10.6. The lowest BCUT2D eigenvalue weighted by Crippen LogP contribution is -2.04. The maximum Gasteiger partial charge on any atom is 0.153 e. The molecule has 106 valence electrons. The molecule has 3 N–H and O–H groups in total. The summed E-state index contributed by atoms with van der Waals surface area (Å²) in [5.74, 6) is 2.06. The van der Waals surface area contributed by atoms with Crippen LogP contribution in [0.4, 0.5) is 17.2 Å². The van der Waals surface area contributed by atoms with Gasteiger partial charge in [0, 0.05) is 11.9 Å². The van der Waals surface area contributed by atoms with Gasteiger partial charge in [-0.1, -0.05) is 13.8 Å². The average molecular weight is 271 g/mol. The Kier molecular flexibility index (Phi) is 4.45. The zero-order valence-electron chi connectivity index (χ0n) is 12.2. The minimum atomic E-state index is 0.518. The number of hydrogen-bond acceptors (Lipinski definition) is 4. The number of nitrogens with two attached hydrogens (primary N) is 1. The average Bonchev–Trinajstić information content (AvgIpc) is 2.41. The van der Waals surface area contributed by atoms with E-state index in [9.17, 15) is 0 Å². The molecule has 20 heavy (non-hydrogen) atoms. The van der Waals surface area contributed by atoms with Gasteiger partial charge in [-0.15, -0.1) is 0 Å². The van der Waals surface area contributed by atoms with Crippen molar-refractivity contribution in [2.75, 3.05) is 17.7 Å². The number of aromatic nitrogens is 1. The molecule has 0 radical (unpaired) electrons. The number of rotatable bonds is 5. The largest absolute Gasteiger partial charge is 0.493 e. The van der Waals surface area contributed by atoms with Gasteiger partial charge >= 0.3 is 0 Å². The number of nitrogens with zero attached hydrogens (tertiary/aromatic N) is 1. The van der Waals surface area contributed by atoms with Crippen LogP contribution in [0, 0.1) is 12.8 Å². The van der Waals surface area contributed by atoms with Crippen LogP contribution in [-0.4, -0.2) is 11.6 Å². The van der Waals surface area contributed by atoms with Crippen LogP contribution in [0.5, 0.6) is 5.75 Å². The van der Waals surface area contributed by atoms with Crippen LogP contribution in [0.25, 0.3) is 0 Å². The van der Waals surface area contributed by atoms with E-state index < -0.39 is 0 Å². The summed E-state index contributed by atoms with van der Waals surface area (Å²) >= 11 is 0. The third-order valence-corrected chi connectivity index (χ3v) is 2.75. The molecule has 1 aromatic heterocycles. The number of pyridine rings is 1. The summed E-state index contributed by atoms with van der Waals surface area (Å²) in [6, 6.07) is 9.69. The summed E-state index contributed by atoms with van der Waals surface area (Å²) in [7, 11) is 0. The third-order valence-electron chi connectivity index (χ3n) is 2.75. The molecular weight excluding hydrogens is 250 g/mol. The van der Waals surface area contributed by atoms with E-state index >= 15 is 0 Å². The van der Waals surface area contributed by atoms with Gasteiger partial charge in [-0.25, -0.2) is 4.98 Å². The molecule has 0 aliphatic carbocycles. The lowest BCUT2D eigenvalue weighted by Gasteiger charge is -2.11. The minimum absolute atomic E-state index is 0.518. The predicted octanol–water partition coefficient (Wildman–Crippen LogP) is 3.75. The van der Waals surface area contributed by atoms with Crippen molar-refractivity contribution in [1.82, 2.24) is 4.98 Å². The fourth-order valence-electron chi connectivity index (χ4n) is 1.73. The highest BCUT2D eigenvalue weighted by atomic mass is 16.5. The monoisotopic (exact) mass is 271 g/mol. The van der Waals surface area contributed by atoms with Crippen molar-refractivity contribution in [3.63, 3.8) is 0 Å². The Morgan fingerprint density at radius 3 is 2.55 bits per heavy atom. The van der Waals surface area contributed by atoms with E-state index in [0.717, 1.165) is 23.6 Å². The summed E-state index contributed by atoms with van der Waals surface area (Å²) in [5, 5.41) is 3.20. The van der Waals surface area contributed by atoms with Crippen molar-refractivity contribution in [3.05, 3.63) is 42.1 Å². The molecule has 1 aromatic carbocycles. The first kappa shape index (κ1) is 14.2. The van der Waals surface area contributed by atoms with Crippen molar-refractivity contribution in [2.45, 2.75) is 20.8 Å². The standard InChI is InChI=1S/C16H21N3O/c1-11(2)10-20-14-6-4-13(5-7-14)19-16-15(17)8-12(3)9-18-16/h4-9,11H,10,17H2,1-3H3,(H,18,19). The van der Waals surface area contributed by atoms with Crippen molar-refractivity contribution in [1.29, 1.82) is 0 Å². The first-order chi connectivity index (χ1) is 9.54. The van der Waals surface area contributed by atoms with E-state index in [-0.39, 0.29) is 0 Å². The molecule has 1 heterocycles. The second-order valence-corrected chi connectivity index (χ2v) is 5.30. The number of hydrogen-bond donors (Lipinski definition) is 2. The molecule has 2 rings (SSSR count). The molecule has 0 saturated heterocycles. The van der Waals surface area contributed by atoms with Gasteiger partial charge in [-0.2, -0.15) is 0 Å². The van der Waals surface area contributed by atoms with Crippen LogP contribution in [0.2, 0.25) is 0 Å². The van der Waals surface area contributed by atoms with Gasteiger partial charge < -0.3 is 15.8 Å².